The number of nitrogens with one attached hydrogen (secondary N) is 1. The van der Waals surface area contributed by atoms with E-state index in [9.17, 15) is 4.79 Å². The molecule has 0 spiro atoms. The molecule has 1 unspecified atom stereocenters. The zero-order chi connectivity index (χ0) is 20.1. The van der Waals surface area contributed by atoms with Crippen molar-refractivity contribution in [3.63, 3.8) is 0 Å². The van der Waals surface area contributed by atoms with Crippen LogP contribution in [-0.2, 0) is 4.84 Å². The van der Waals surface area contributed by atoms with Crippen molar-refractivity contribution in [2.75, 3.05) is 11.1 Å². The summed E-state index contributed by atoms with van der Waals surface area (Å²) in [6.45, 7) is 1.75. The van der Waals surface area contributed by atoms with E-state index in [1.165, 1.54) is 17.6 Å². The highest BCUT2D eigenvalue weighted by atomic mass is 35.5. The van der Waals surface area contributed by atoms with Gasteiger partial charge in [-0.05, 0) is 43.3 Å². The van der Waals surface area contributed by atoms with Crippen molar-refractivity contribution in [3.8, 4) is 0 Å². The van der Waals surface area contributed by atoms with Crippen LogP contribution in [0.3, 0.4) is 0 Å². The van der Waals surface area contributed by atoms with E-state index in [2.05, 4.69) is 10.5 Å². The number of nitrogens with two attached hydrogens (primary N) is 1. The predicted molar refractivity (Wildman–Crippen MR) is 117 cm³/mol. The number of thiophene rings is 1. The summed E-state index contributed by atoms with van der Waals surface area (Å²) in [4.78, 5) is 19.5. The molecule has 0 bridgehead atoms. The number of carbonyl (C=O) groups excluding carboxylic acids is 1. The van der Waals surface area contributed by atoms with Crippen LogP contribution in [0, 0.1) is 0 Å². The minimum absolute atomic E-state index is 0.255. The fraction of sp³-hybridized carbons (Fsp3) is 0.100. The summed E-state index contributed by atoms with van der Waals surface area (Å²) < 4.78 is 0. The van der Waals surface area contributed by atoms with E-state index in [-0.39, 0.29) is 5.91 Å². The molecule has 0 aliphatic rings. The lowest BCUT2D eigenvalue weighted by Gasteiger charge is -2.15. The number of nitrogens with zero attached hydrogens (tertiary/aromatic N) is 1. The summed E-state index contributed by atoms with van der Waals surface area (Å²) in [6, 6.07) is 15.8. The molecule has 1 heterocycles. The Hall–Kier alpha value is -2.54. The first-order valence-corrected chi connectivity index (χ1v) is 9.91. The van der Waals surface area contributed by atoms with Gasteiger partial charge in [0.2, 0.25) is 0 Å². The molecule has 1 atom stereocenters. The zero-order valence-corrected chi connectivity index (χ0v) is 17.2. The normalized spacial score (nSPS) is 12.1. The van der Waals surface area contributed by atoms with Gasteiger partial charge in [0.05, 0.1) is 21.1 Å². The molecule has 1 aromatic heterocycles. The minimum atomic E-state index is -0.561. The molecule has 144 valence electrons. The van der Waals surface area contributed by atoms with Gasteiger partial charge >= 0.3 is 0 Å². The summed E-state index contributed by atoms with van der Waals surface area (Å²) in [6.07, 6.45) is 0.977. The van der Waals surface area contributed by atoms with Crippen LogP contribution in [0.1, 0.15) is 33.1 Å². The van der Waals surface area contributed by atoms with Crippen molar-refractivity contribution in [3.05, 3.63) is 80.0 Å². The Balaban J connectivity index is 1.88. The lowest BCUT2D eigenvalue weighted by Crippen LogP contribution is -2.11. The number of rotatable bonds is 6. The van der Waals surface area contributed by atoms with Crippen molar-refractivity contribution >= 4 is 58.0 Å². The van der Waals surface area contributed by atoms with Gasteiger partial charge < -0.3 is 15.9 Å². The van der Waals surface area contributed by atoms with E-state index in [0.29, 0.717) is 31.9 Å². The topological polar surface area (TPSA) is 76.7 Å². The van der Waals surface area contributed by atoms with Gasteiger partial charge in [-0.3, -0.25) is 4.79 Å². The molecule has 1 amide bonds. The van der Waals surface area contributed by atoms with Crippen LogP contribution in [0.25, 0.3) is 0 Å². The fourth-order valence-electron chi connectivity index (χ4n) is 2.51. The SMILES string of the molecule is CC=NOC(c1ccc(C(=O)Nc2ccccc2N)s1)c1ccc(Cl)cc1Cl. The van der Waals surface area contributed by atoms with Crippen LogP contribution in [0.5, 0.6) is 0 Å². The van der Waals surface area contributed by atoms with Crippen molar-refractivity contribution in [2.45, 2.75) is 13.0 Å². The maximum atomic E-state index is 12.6. The molecule has 0 fully saturated rings. The molecule has 0 aliphatic carbocycles. The van der Waals surface area contributed by atoms with Gasteiger partial charge in [0, 0.05) is 21.8 Å². The van der Waals surface area contributed by atoms with Crippen LogP contribution in [0.2, 0.25) is 10.0 Å². The Labute approximate surface area is 176 Å². The second-order valence-electron chi connectivity index (χ2n) is 5.76. The van der Waals surface area contributed by atoms with E-state index in [1.54, 1.807) is 55.5 Å². The molecule has 0 radical (unpaired) electrons. The van der Waals surface area contributed by atoms with Crippen LogP contribution < -0.4 is 11.1 Å². The first-order valence-electron chi connectivity index (χ1n) is 8.34. The lowest BCUT2D eigenvalue weighted by molar-refractivity contribution is 0.0911. The second kappa shape index (κ2) is 9.10. The summed E-state index contributed by atoms with van der Waals surface area (Å²) >= 11 is 13.6. The van der Waals surface area contributed by atoms with Crippen molar-refractivity contribution in [1.29, 1.82) is 0 Å². The quantitative estimate of drug-likeness (QED) is 0.284. The molecular formula is C20H17Cl2N3O2S. The fourth-order valence-corrected chi connectivity index (χ4v) is 3.96. The van der Waals surface area contributed by atoms with Crippen LogP contribution in [0.4, 0.5) is 11.4 Å². The highest BCUT2D eigenvalue weighted by Gasteiger charge is 2.23. The van der Waals surface area contributed by atoms with Gasteiger partial charge in [0.1, 0.15) is 0 Å². The standard InChI is InChI=1S/C20H17Cl2N3O2S/c1-2-24-27-19(13-8-7-12(21)11-14(13)22)17-9-10-18(28-17)20(26)25-16-6-4-3-5-15(16)23/h2-11,19H,23H2,1H3,(H,25,26). The maximum Gasteiger partial charge on any atom is 0.265 e. The van der Waals surface area contributed by atoms with E-state index < -0.39 is 6.10 Å². The van der Waals surface area contributed by atoms with Crippen LogP contribution in [0.15, 0.2) is 59.8 Å². The van der Waals surface area contributed by atoms with Gasteiger partial charge in [0.25, 0.3) is 5.91 Å². The van der Waals surface area contributed by atoms with E-state index in [4.69, 9.17) is 33.8 Å². The number of amides is 1. The van der Waals surface area contributed by atoms with Gasteiger partial charge in [-0.15, -0.1) is 11.3 Å². The Morgan fingerprint density at radius 2 is 2.00 bits per heavy atom. The molecule has 3 rings (SSSR count). The van der Waals surface area contributed by atoms with Gasteiger partial charge in [-0.1, -0.05) is 46.6 Å². The smallest absolute Gasteiger partial charge is 0.265 e. The van der Waals surface area contributed by atoms with Gasteiger partial charge in [0.15, 0.2) is 6.10 Å². The first kappa shape index (κ1) is 20.2. The van der Waals surface area contributed by atoms with Crippen molar-refractivity contribution in [1.82, 2.24) is 0 Å². The van der Waals surface area contributed by atoms with Crippen molar-refractivity contribution in [2.24, 2.45) is 5.16 Å². The van der Waals surface area contributed by atoms with Gasteiger partial charge in [-0.25, -0.2) is 0 Å². The zero-order valence-electron chi connectivity index (χ0n) is 14.9. The Morgan fingerprint density at radius 1 is 1.21 bits per heavy atom. The second-order valence-corrected chi connectivity index (χ2v) is 7.72. The molecular weight excluding hydrogens is 417 g/mol. The Bertz CT molecular complexity index is 1020. The predicted octanol–water partition coefficient (Wildman–Crippen LogP) is 6.00. The molecule has 28 heavy (non-hydrogen) atoms. The third-order valence-corrected chi connectivity index (χ3v) is 5.52. The number of para-hydroxylation sites is 2. The minimum Gasteiger partial charge on any atom is -0.397 e. The van der Waals surface area contributed by atoms with Crippen molar-refractivity contribution < 1.29 is 9.63 Å². The number of anilines is 2. The number of oxime groups is 1. The third kappa shape index (κ3) is 4.65. The largest absolute Gasteiger partial charge is 0.397 e. The molecule has 5 nitrogen and oxygen atoms in total. The Morgan fingerprint density at radius 3 is 2.71 bits per heavy atom. The molecule has 0 saturated carbocycles. The number of hydrogen-bond acceptors (Lipinski definition) is 5. The summed E-state index contributed by atoms with van der Waals surface area (Å²) in [5.41, 5.74) is 7.65. The molecule has 2 aromatic carbocycles. The number of benzene rings is 2. The molecule has 3 aromatic rings. The molecule has 3 N–H and O–H groups in total. The summed E-state index contributed by atoms with van der Waals surface area (Å²) in [5, 5.41) is 7.69. The highest BCUT2D eigenvalue weighted by molar-refractivity contribution is 7.14. The number of carbonyl (C=O) groups is 1. The van der Waals surface area contributed by atoms with E-state index in [1.807, 2.05) is 6.07 Å². The molecule has 0 aliphatic heterocycles. The first-order chi connectivity index (χ1) is 13.5. The third-order valence-electron chi connectivity index (χ3n) is 3.83. The maximum absolute atomic E-state index is 12.6. The van der Waals surface area contributed by atoms with Gasteiger partial charge in [-0.2, -0.15) is 0 Å². The highest BCUT2D eigenvalue weighted by Crippen LogP contribution is 2.36. The van der Waals surface area contributed by atoms with Crippen LogP contribution >= 0.6 is 34.5 Å². The van der Waals surface area contributed by atoms with E-state index >= 15 is 0 Å². The number of halogens is 2. The lowest BCUT2D eigenvalue weighted by atomic mass is 10.1. The summed E-state index contributed by atoms with van der Waals surface area (Å²) in [7, 11) is 0. The average molecular weight is 434 g/mol. The summed E-state index contributed by atoms with van der Waals surface area (Å²) in [5.74, 6) is -0.255. The molecule has 0 saturated heterocycles. The number of nitrogen functional groups attached to an aromatic ring is 1. The monoisotopic (exact) mass is 433 g/mol. The number of hydrogen-bond donors (Lipinski definition) is 2. The Kier molecular flexibility index (Phi) is 6.57. The van der Waals surface area contributed by atoms with E-state index in [0.717, 1.165) is 4.88 Å². The van der Waals surface area contributed by atoms with Crippen LogP contribution in [-0.4, -0.2) is 12.1 Å². The average Bonchev–Trinajstić information content (AvgIpc) is 3.15. The molecule has 8 heteroatoms.